The van der Waals surface area contributed by atoms with Crippen molar-refractivity contribution in [3.63, 3.8) is 0 Å². The van der Waals surface area contributed by atoms with Crippen molar-refractivity contribution >= 4 is 17.6 Å². The summed E-state index contributed by atoms with van der Waals surface area (Å²) in [6.07, 6.45) is 0.925. The number of carboxylic acid groups (broad SMARTS) is 1. The Balaban J connectivity index is 2.82. The smallest absolute Gasteiger partial charge is 0.337 e. The molecule has 1 atom stereocenters. The molecule has 0 aliphatic rings. The molecule has 0 heterocycles. The molecule has 0 aliphatic carbocycles. The first-order chi connectivity index (χ1) is 9.61. The monoisotopic (exact) mass is 292 g/mol. The lowest BCUT2D eigenvalue weighted by atomic mass is 9.87. The van der Waals surface area contributed by atoms with Gasteiger partial charge in [-0.2, -0.15) is 0 Å². The lowest BCUT2D eigenvalue weighted by Gasteiger charge is -2.25. The van der Waals surface area contributed by atoms with Crippen LogP contribution in [0.5, 0.6) is 0 Å². The standard InChI is InChI=1S/C16H24N2O3/c1-16(2,3)10-11(17)9-14(19)18(4)13-8-6-5-7-12(13)15(20)21/h5-8,11H,9-10,17H2,1-4H3,(H,20,21). The summed E-state index contributed by atoms with van der Waals surface area (Å²) >= 11 is 0. The molecule has 0 aromatic heterocycles. The van der Waals surface area contributed by atoms with Crippen molar-refractivity contribution in [3.8, 4) is 0 Å². The van der Waals surface area contributed by atoms with Gasteiger partial charge in [-0.25, -0.2) is 4.79 Å². The van der Waals surface area contributed by atoms with Crippen LogP contribution in [0.3, 0.4) is 0 Å². The number of nitrogens with two attached hydrogens (primary N) is 1. The van der Waals surface area contributed by atoms with E-state index < -0.39 is 5.97 Å². The van der Waals surface area contributed by atoms with Gasteiger partial charge in [0.15, 0.2) is 0 Å². The van der Waals surface area contributed by atoms with Crippen molar-refractivity contribution in [2.75, 3.05) is 11.9 Å². The summed E-state index contributed by atoms with van der Waals surface area (Å²) in [6.45, 7) is 6.21. The lowest BCUT2D eigenvalue weighted by molar-refractivity contribution is -0.118. The van der Waals surface area contributed by atoms with E-state index in [1.165, 1.54) is 11.0 Å². The number of carbonyl (C=O) groups excluding carboxylic acids is 1. The Labute approximate surface area is 125 Å². The molecule has 1 unspecified atom stereocenters. The van der Waals surface area contributed by atoms with Crippen molar-refractivity contribution in [2.24, 2.45) is 11.1 Å². The molecule has 3 N–H and O–H groups in total. The number of hydrogen-bond donors (Lipinski definition) is 2. The molecule has 0 spiro atoms. The average molecular weight is 292 g/mol. The molecule has 0 aliphatic heterocycles. The third-order valence-corrected chi connectivity index (χ3v) is 3.18. The molecule has 5 nitrogen and oxygen atoms in total. The predicted molar refractivity (Wildman–Crippen MR) is 83.5 cm³/mol. The minimum Gasteiger partial charge on any atom is -0.478 e. The highest BCUT2D eigenvalue weighted by molar-refractivity contribution is 6.01. The van der Waals surface area contributed by atoms with Gasteiger partial charge >= 0.3 is 5.97 Å². The molecule has 1 aromatic rings. The fraction of sp³-hybridized carbons (Fsp3) is 0.500. The van der Waals surface area contributed by atoms with Gasteiger partial charge in [-0.3, -0.25) is 4.79 Å². The number of anilines is 1. The topological polar surface area (TPSA) is 83.6 Å². The molecular formula is C16H24N2O3. The zero-order chi connectivity index (χ0) is 16.2. The second kappa shape index (κ2) is 6.72. The normalized spacial score (nSPS) is 12.8. The van der Waals surface area contributed by atoms with E-state index in [9.17, 15) is 9.59 Å². The van der Waals surface area contributed by atoms with Crippen LogP contribution in [0, 0.1) is 5.41 Å². The molecular weight excluding hydrogens is 268 g/mol. The van der Waals surface area contributed by atoms with Crippen LogP contribution in [-0.2, 0) is 4.79 Å². The number of benzene rings is 1. The summed E-state index contributed by atoms with van der Waals surface area (Å²) in [5, 5.41) is 9.17. The number of rotatable bonds is 5. The Hall–Kier alpha value is -1.88. The van der Waals surface area contributed by atoms with Crippen molar-refractivity contribution in [2.45, 2.75) is 39.7 Å². The molecule has 0 bridgehead atoms. The van der Waals surface area contributed by atoms with Gasteiger partial charge in [0, 0.05) is 19.5 Å². The van der Waals surface area contributed by atoms with Gasteiger partial charge < -0.3 is 15.7 Å². The summed E-state index contributed by atoms with van der Waals surface area (Å²) in [7, 11) is 1.58. The van der Waals surface area contributed by atoms with Crippen LogP contribution < -0.4 is 10.6 Å². The second-order valence-electron chi connectivity index (χ2n) is 6.50. The molecule has 1 rings (SSSR count). The van der Waals surface area contributed by atoms with Crippen molar-refractivity contribution < 1.29 is 14.7 Å². The Morgan fingerprint density at radius 3 is 2.38 bits per heavy atom. The SMILES string of the molecule is CN(C(=O)CC(N)CC(C)(C)C)c1ccccc1C(=O)O. The van der Waals surface area contributed by atoms with Crippen molar-refractivity contribution in [1.29, 1.82) is 0 Å². The van der Waals surface area contributed by atoms with Gasteiger partial charge in [0.1, 0.15) is 0 Å². The minimum absolute atomic E-state index is 0.0528. The molecule has 5 heteroatoms. The number of amides is 1. The van der Waals surface area contributed by atoms with E-state index in [1.807, 2.05) is 0 Å². The van der Waals surface area contributed by atoms with Crippen LogP contribution in [0.4, 0.5) is 5.69 Å². The zero-order valence-corrected chi connectivity index (χ0v) is 13.1. The maximum Gasteiger partial charge on any atom is 0.337 e. The van der Waals surface area contributed by atoms with Crippen LogP contribution in [0.25, 0.3) is 0 Å². The van der Waals surface area contributed by atoms with E-state index in [1.54, 1.807) is 25.2 Å². The van der Waals surface area contributed by atoms with Crippen LogP contribution in [-0.4, -0.2) is 30.1 Å². The Kier molecular flexibility index (Phi) is 5.49. The molecule has 1 aromatic carbocycles. The highest BCUT2D eigenvalue weighted by Crippen LogP contribution is 2.23. The predicted octanol–water partition coefficient (Wildman–Crippen LogP) is 2.50. The Bertz CT molecular complexity index is 520. The van der Waals surface area contributed by atoms with E-state index in [0.29, 0.717) is 5.69 Å². The fourth-order valence-corrected chi connectivity index (χ4v) is 2.30. The summed E-state index contributed by atoms with van der Waals surface area (Å²) in [5.41, 5.74) is 6.56. The molecule has 0 saturated carbocycles. The lowest BCUT2D eigenvalue weighted by Crippen LogP contribution is -2.36. The van der Waals surface area contributed by atoms with Gasteiger partial charge in [-0.05, 0) is 24.0 Å². The molecule has 116 valence electrons. The maximum atomic E-state index is 12.3. The Morgan fingerprint density at radius 1 is 1.29 bits per heavy atom. The first kappa shape index (κ1) is 17.2. The summed E-state index contributed by atoms with van der Waals surface area (Å²) in [6, 6.07) is 6.21. The molecule has 0 radical (unpaired) electrons. The van der Waals surface area contributed by atoms with Crippen LogP contribution in [0.2, 0.25) is 0 Å². The first-order valence-corrected chi connectivity index (χ1v) is 6.96. The number of carbonyl (C=O) groups is 2. The Morgan fingerprint density at radius 2 is 1.86 bits per heavy atom. The first-order valence-electron chi connectivity index (χ1n) is 6.96. The van der Waals surface area contributed by atoms with Gasteiger partial charge in [0.05, 0.1) is 11.3 Å². The van der Waals surface area contributed by atoms with E-state index in [-0.39, 0.29) is 29.3 Å². The van der Waals surface area contributed by atoms with Crippen LogP contribution >= 0.6 is 0 Å². The third-order valence-electron chi connectivity index (χ3n) is 3.18. The van der Waals surface area contributed by atoms with E-state index >= 15 is 0 Å². The van der Waals surface area contributed by atoms with E-state index in [4.69, 9.17) is 10.8 Å². The highest BCUT2D eigenvalue weighted by Gasteiger charge is 2.22. The molecule has 0 fully saturated rings. The van der Waals surface area contributed by atoms with Crippen molar-refractivity contribution in [3.05, 3.63) is 29.8 Å². The largest absolute Gasteiger partial charge is 0.478 e. The summed E-state index contributed by atoms with van der Waals surface area (Å²) in [5.74, 6) is -1.23. The molecule has 0 saturated heterocycles. The summed E-state index contributed by atoms with van der Waals surface area (Å²) in [4.78, 5) is 24.8. The number of para-hydroxylation sites is 1. The highest BCUT2D eigenvalue weighted by atomic mass is 16.4. The molecule has 1 amide bonds. The second-order valence-corrected chi connectivity index (χ2v) is 6.50. The number of hydrogen-bond acceptors (Lipinski definition) is 3. The average Bonchev–Trinajstić information content (AvgIpc) is 2.35. The van der Waals surface area contributed by atoms with Gasteiger partial charge in [0.2, 0.25) is 5.91 Å². The quantitative estimate of drug-likeness (QED) is 0.873. The van der Waals surface area contributed by atoms with Crippen LogP contribution in [0.1, 0.15) is 44.0 Å². The fourth-order valence-electron chi connectivity index (χ4n) is 2.30. The minimum atomic E-state index is -1.05. The van der Waals surface area contributed by atoms with Gasteiger partial charge in [-0.1, -0.05) is 32.9 Å². The van der Waals surface area contributed by atoms with Crippen LogP contribution in [0.15, 0.2) is 24.3 Å². The number of carboxylic acids is 1. The number of nitrogens with zero attached hydrogens (tertiary/aromatic N) is 1. The van der Waals surface area contributed by atoms with Gasteiger partial charge in [0.25, 0.3) is 0 Å². The molecule has 21 heavy (non-hydrogen) atoms. The third kappa shape index (κ3) is 5.19. The maximum absolute atomic E-state index is 12.3. The van der Waals surface area contributed by atoms with E-state index in [2.05, 4.69) is 20.8 Å². The van der Waals surface area contributed by atoms with Crippen molar-refractivity contribution in [1.82, 2.24) is 0 Å². The number of aromatic carboxylic acids is 1. The van der Waals surface area contributed by atoms with E-state index in [0.717, 1.165) is 6.42 Å². The van der Waals surface area contributed by atoms with Gasteiger partial charge in [-0.15, -0.1) is 0 Å². The zero-order valence-electron chi connectivity index (χ0n) is 13.1. The summed E-state index contributed by atoms with van der Waals surface area (Å²) < 4.78 is 0.